The van der Waals surface area contributed by atoms with Crippen LogP contribution >= 0.6 is 0 Å². The summed E-state index contributed by atoms with van der Waals surface area (Å²) in [6.45, 7) is 1.80. The predicted octanol–water partition coefficient (Wildman–Crippen LogP) is -1.14. The number of H-pyrrole nitrogens is 1. The normalized spacial score (nSPS) is 12.1. The van der Waals surface area contributed by atoms with Crippen molar-refractivity contribution in [2.45, 2.75) is 19.4 Å². The van der Waals surface area contributed by atoms with E-state index in [0.29, 0.717) is 5.82 Å². The highest BCUT2D eigenvalue weighted by atomic mass is 16.2. The second-order valence-corrected chi connectivity index (χ2v) is 3.20. The van der Waals surface area contributed by atoms with Gasteiger partial charge in [-0.15, -0.1) is 0 Å². The lowest BCUT2D eigenvalue weighted by Gasteiger charge is -2.07. The van der Waals surface area contributed by atoms with E-state index in [0.717, 1.165) is 5.69 Å². The van der Waals surface area contributed by atoms with Gasteiger partial charge in [-0.25, -0.2) is 0 Å². The Bertz CT molecular complexity index is 373. The Morgan fingerprint density at radius 3 is 2.80 bits per heavy atom. The van der Waals surface area contributed by atoms with Crippen LogP contribution in [-0.2, 0) is 9.59 Å². The molecule has 0 aliphatic carbocycles. The summed E-state index contributed by atoms with van der Waals surface area (Å²) in [5, 5.41) is 8.90. The number of carbonyl (C=O) groups is 2. The van der Waals surface area contributed by atoms with E-state index in [1.807, 2.05) is 0 Å². The Morgan fingerprint density at radius 1 is 1.67 bits per heavy atom. The van der Waals surface area contributed by atoms with Gasteiger partial charge in [-0.1, -0.05) is 0 Å². The maximum Gasteiger partial charge on any atom is 0.243 e. The molecule has 0 radical (unpaired) electrons. The number of hydrogen-bond acceptors (Lipinski definition) is 4. The first kappa shape index (κ1) is 11.2. The molecule has 7 nitrogen and oxygen atoms in total. The average molecular weight is 211 g/mol. The standard InChI is InChI=1S/C8H13N5O2/c1-4-2-7(13-12-4)11-8(15)5(9)3-6(10)14/h2,5H,3,9H2,1H3,(H2,10,14)(H2,11,12,13,15)/t5-/m0/s1. The van der Waals surface area contributed by atoms with E-state index in [1.165, 1.54) is 0 Å². The summed E-state index contributed by atoms with van der Waals surface area (Å²) in [4.78, 5) is 21.9. The maximum absolute atomic E-state index is 11.4. The summed E-state index contributed by atoms with van der Waals surface area (Å²) >= 11 is 0. The van der Waals surface area contributed by atoms with Gasteiger partial charge in [0.15, 0.2) is 5.82 Å². The highest BCUT2D eigenvalue weighted by molar-refractivity contribution is 5.96. The molecule has 0 saturated heterocycles. The molecule has 1 aromatic heterocycles. The lowest BCUT2D eigenvalue weighted by molar-refractivity contribution is -0.123. The van der Waals surface area contributed by atoms with E-state index in [2.05, 4.69) is 15.5 Å². The van der Waals surface area contributed by atoms with E-state index < -0.39 is 17.9 Å². The SMILES string of the molecule is Cc1cc(NC(=O)[C@@H](N)CC(N)=O)n[nH]1. The van der Waals surface area contributed by atoms with Crippen LogP contribution in [0.3, 0.4) is 0 Å². The fourth-order valence-corrected chi connectivity index (χ4v) is 1.01. The van der Waals surface area contributed by atoms with Crippen molar-refractivity contribution in [3.05, 3.63) is 11.8 Å². The minimum atomic E-state index is -0.945. The largest absolute Gasteiger partial charge is 0.370 e. The molecule has 6 N–H and O–H groups in total. The fraction of sp³-hybridized carbons (Fsp3) is 0.375. The number of carbonyl (C=O) groups excluding carboxylic acids is 2. The molecule has 0 saturated carbocycles. The molecule has 82 valence electrons. The monoisotopic (exact) mass is 211 g/mol. The molecular formula is C8H13N5O2. The quantitative estimate of drug-likeness (QED) is 0.502. The van der Waals surface area contributed by atoms with Crippen molar-refractivity contribution in [3.8, 4) is 0 Å². The van der Waals surface area contributed by atoms with E-state index in [4.69, 9.17) is 11.5 Å². The van der Waals surface area contributed by atoms with Crippen LogP contribution < -0.4 is 16.8 Å². The molecule has 0 aliphatic heterocycles. The average Bonchev–Trinajstić information content (AvgIpc) is 2.50. The zero-order chi connectivity index (χ0) is 11.4. The molecule has 0 spiro atoms. The molecule has 1 rings (SSSR count). The van der Waals surface area contributed by atoms with Crippen LogP contribution in [0.4, 0.5) is 5.82 Å². The smallest absolute Gasteiger partial charge is 0.243 e. The molecule has 0 aromatic carbocycles. The number of aromatic nitrogens is 2. The van der Waals surface area contributed by atoms with Crippen LogP contribution in [0.2, 0.25) is 0 Å². The van der Waals surface area contributed by atoms with Gasteiger partial charge < -0.3 is 16.8 Å². The Hall–Kier alpha value is -1.89. The Kier molecular flexibility index (Phi) is 3.40. The Labute approximate surface area is 86.2 Å². The summed E-state index contributed by atoms with van der Waals surface area (Å²) in [6.07, 6.45) is -0.185. The molecule has 0 bridgehead atoms. The molecule has 15 heavy (non-hydrogen) atoms. The highest BCUT2D eigenvalue weighted by Crippen LogP contribution is 2.04. The van der Waals surface area contributed by atoms with Crippen molar-refractivity contribution in [1.29, 1.82) is 0 Å². The molecule has 2 amide bonds. The van der Waals surface area contributed by atoms with E-state index in [9.17, 15) is 9.59 Å². The molecule has 1 atom stereocenters. The number of rotatable bonds is 4. The molecule has 0 unspecified atom stereocenters. The van der Waals surface area contributed by atoms with Gasteiger partial charge in [-0.2, -0.15) is 5.10 Å². The minimum Gasteiger partial charge on any atom is -0.370 e. The van der Waals surface area contributed by atoms with Crippen LogP contribution in [0, 0.1) is 6.92 Å². The third-order valence-corrected chi connectivity index (χ3v) is 1.72. The van der Waals surface area contributed by atoms with Crippen molar-refractivity contribution in [2.24, 2.45) is 11.5 Å². The lowest BCUT2D eigenvalue weighted by atomic mass is 10.2. The van der Waals surface area contributed by atoms with Crippen LogP contribution in [-0.4, -0.2) is 28.1 Å². The maximum atomic E-state index is 11.4. The number of anilines is 1. The van der Waals surface area contributed by atoms with E-state index in [-0.39, 0.29) is 6.42 Å². The number of primary amides is 1. The van der Waals surface area contributed by atoms with Crippen LogP contribution in [0.15, 0.2) is 6.07 Å². The number of amides is 2. The number of aromatic amines is 1. The summed E-state index contributed by atoms with van der Waals surface area (Å²) < 4.78 is 0. The number of aryl methyl sites for hydroxylation is 1. The van der Waals surface area contributed by atoms with Crippen molar-refractivity contribution in [1.82, 2.24) is 10.2 Å². The molecule has 1 heterocycles. The number of nitrogens with zero attached hydrogens (tertiary/aromatic N) is 1. The van der Waals surface area contributed by atoms with Crippen molar-refractivity contribution in [2.75, 3.05) is 5.32 Å². The van der Waals surface area contributed by atoms with Crippen molar-refractivity contribution >= 4 is 17.6 Å². The third-order valence-electron chi connectivity index (χ3n) is 1.72. The van der Waals surface area contributed by atoms with E-state index in [1.54, 1.807) is 13.0 Å². The summed E-state index contributed by atoms with van der Waals surface area (Å²) in [5.74, 6) is -0.728. The lowest BCUT2D eigenvalue weighted by Crippen LogP contribution is -2.39. The predicted molar refractivity (Wildman–Crippen MR) is 53.7 cm³/mol. The van der Waals surface area contributed by atoms with Crippen molar-refractivity contribution < 1.29 is 9.59 Å². The molecular weight excluding hydrogens is 198 g/mol. The first-order valence-electron chi connectivity index (χ1n) is 4.36. The summed E-state index contributed by atoms with van der Waals surface area (Å²) in [6, 6.07) is 0.703. The first-order valence-corrected chi connectivity index (χ1v) is 4.36. The highest BCUT2D eigenvalue weighted by Gasteiger charge is 2.16. The number of hydrogen-bond donors (Lipinski definition) is 4. The van der Waals surface area contributed by atoms with Crippen LogP contribution in [0.25, 0.3) is 0 Å². The van der Waals surface area contributed by atoms with Gasteiger partial charge in [0, 0.05) is 11.8 Å². The fourth-order valence-electron chi connectivity index (χ4n) is 1.01. The van der Waals surface area contributed by atoms with Gasteiger partial charge in [0.05, 0.1) is 12.5 Å². The molecule has 1 aromatic rings. The Morgan fingerprint density at radius 2 is 2.33 bits per heavy atom. The first-order chi connectivity index (χ1) is 6.99. The van der Waals surface area contributed by atoms with Gasteiger partial charge in [0.25, 0.3) is 0 Å². The van der Waals surface area contributed by atoms with Crippen molar-refractivity contribution in [3.63, 3.8) is 0 Å². The molecule has 0 fully saturated rings. The third kappa shape index (κ3) is 3.39. The van der Waals surface area contributed by atoms with Gasteiger partial charge in [-0.05, 0) is 6.92 Å². The summed E-state index contributed by atoms with van der Waals surface area (Å²) in [7, 11) is 0. The minimum absolute atomic E-state index is 0.185. The van der Waals surface area contributed by atoms with E-state index >= 15 is 0 Å². The number of nitrogens with two attached hydrogens (primary N) is 2. The molecule has 0 aliphatic rings. The van der Waals surface area contributed by atoms with Gasteiger partial charge in [0.2, 0.25) is 11.8 Å². The topological polar surface area (TPSA) is 127 Å². The number of nitrogens with one attached hydrogen (secondary N) is 2. The summed E-state index contributed by atoms with van der Waals surface area (Å²) in [5.41, 5.74) is 11.1. The zero-order valence-electron chi connectivity index (χ0n) is 8.28. The van der Waals surface area contributed by atoms with Crippen LogP contribution in [0.1, 0.15) is 12.1 Å². The van der Waals surface area contributed by atoms with Gasteiger partial charge in [0.1, 0.15) is 0 Å². The second-order valence-electron chi connectivity index (χ2n) is 3.20. The second kappa shape index (κ2) is 4.56. The van der Waals surface area contributed by atoms with Gasteiger partial charge in [-0.3, -0.25) is 14.7 Å². The van der Waals surface area contributed by atoms with Gasteiger partial charge >= 0.3 is 0 Å². The Balaban J connectivity index is 2.52. The molecule has 7 heteroatoms. The zero-order valence-corrected chi connectivity index (χ0v) is 8.28. The van der Waals surface area contributed by atoms with Crippen LogP contribution in [0.5, 0.6) is 0 Å².